The lowest BCUT2D eigenvalue weighted by atomic mass is 9.95. The van der Waals surface area contributed by atoms with Gasteiger partial charge >= 0.3 is 0 Å². The molecule has 0 spiro atoms. The van der Waals surface area contributed by atoms with Crippen LogP contribution in [0.4, 0.5) is 11.4 Å². The van der Waals surface area contributed by atoms with Crippen molar-refractivity contribution in [1.82, 2.24) is 30.0 Å². The van der Waals surface area contributed by atoms with Gasteiger partial charge in [-0.25, -0.2) is 4.98 Å². The van der Waals surface area contributed by atoms with Gasteiger partial charge in [0.2, 0.25) is 11.8 Å². The number of pyridine rings is 1. The van der Waals surface area contributed by atoms with E-state index in [9.17, 15) is 9.59 Å². The van der Waals surface area contributed by atoms with Crippen molar-refractivity contribution in [3.05, 3.63) is 83.8 Å². The van der Waals surface area contributed by atoms with Gasteiger partial charge in [0.25, 0.3) is 5.91 Å². The van der Waals surface area contributed by atoms with Crippen molar-refractivity contribution >= 4 is 34.2 Å². The molecule has 0 atom stereocenters. The average molecular weight is 619 g/mol. The van der Waals surface area contributed by atoms with Crippen LogP contribution in [0.2, 0.25) is 0 Å². The molecule has 11 heteroatoms. The predicted molar refractivity (Wildman–Crippen MR) is 178 cm³/mol. The van der Waals surface area contributed by atoms with Gasteiger partial charge in [0, 0.05) is 68.0 Å². The number of nitrogens with zero attached hydrogens (tertiary/aromatic N) is 6. The fraction of sp³-hybridized carbons (Fsp3) is 0.314. The zero-order chi connectivity index (χ0) is 32.2. The van der Waals surface area contributed by atoms with E-state index in [0.29, 0.717) is 46.4 Å². The van der Waals surface area contributed by atoms with Crippen LogP contribution in [0.5, 0.6) is 11.6 Å². The minimum absolute atomic E-state index is 0.109. The minimum atomic E-state index is -0.237. The molecule has 3 aromatic heterocycles. The second-order valence-corrected chi connectivity index (χ2v) is 11.7. The summed E-state index contributed by atoms with van der Waals surface area (Å²) in [5, 5.41) is 11.1. The van der Waals surface area contributed by atoms with Crippen LogP contribution >= 0.6 is 0 Å². The standard InChI is InChI=1S/C35H38N8O3/c1-5-31(44)37-20-24-12-16-43(17-13-24)29-9-8-27(18-23(29)3)39-34(45)26-7-6-22(2)30(19-26)46-35-28-21-38-42(4)33(28)40-32(41-35)25-10-14-36-15-11-25/h6-11,14-15,18-19,21,24H,5,12-13,16-17,20H2,1-4H3,(H,37,44)(H,39,45). The summed E-state index contributed by atoms with van der Waals surface area (Å²) in [6, 6.07) is 15.1. The summed E-state index contributed by atoms with van der Waals surface area (Å²) >= 11 is 0. The van der Waals surface area contributed by atoms with Gasteiger partial charge < -0.3 is 20.3 Å². The van der Waals surface area contributed by atoms with Gasteiger partial charge in [0.15, 0.2) is 11.5 Å². The molecule has 0 unspecified atom stereocenters. The first-order chi connectivity index (χ1) is 22.3. The Balaban J connectivity index is 1.15. The van der Waals surface area contributed by atoms with Crippen molar-refractivity contribution in [1.29, 1.82) is 0 Å². The molecule has 6 rings (SSSR count). The van der Waals surface area contributed by atoms with E-state index in [1.807, 2.05) is 51.2 Å². The smallest absolute Gasteiger partial charge is 0.255 e. The Morgan fingerprint density at radius 2 is 1.76 bits per heavy atom. The van der Waals surface area contributed by atoms with Crippen LogP contribution in [0, 0.1) is 19.8 Å². The van der Waals surface area contributed by atoms with Crippen LogP contribution in [0.25, 0.3) is 22.4 Å². The molecule has 46 heavy (non-hydrogen) atoms. The molecule has 4 heterocycles. The van der Waals surface area contributed by atoms with E-state index >= 15 is 0 Å². The van der Waals surface area contributed by atoms with E-state index in [1.54, 1.807) is 35.4 Å². The molecule has 1 aliphatic heterocycles. The summed E-state index contributed by atoms with van der Waals surface area (Å²) < 4.78 is 8.03. The third kappa shape index (κ3) is 6.68. The topological polar surface area (TPSA) is 127 Å². The summed E-state index contributed by atoms with van der Waals surface area (Å²) in [5.41, 5.74) is 5.74. The fourth-order valence-corrected chi connectivity index (χ4v) is 5.71. The van der Waals surface area contributed by atoms with Crippen molar-refractivity contribution in [2.24, 2.45) is 13.0 Å². The van der Waals surface area contributed by atoms with Gasteiger partial charge in [-0.3, -0.25) is 19.3 Å². The second-order valence-electron chi connectivity index (χ2n) is 11.7. The number of amides is 2. The van der Waals surface area contributed by atoms with Crippen LogP contribution in [-0.2, 0) is 11.8 Å². The first kappa shape index (κ1) is 30.7. The Kier molecular flexibility index (Phi) is 8.91. The number of anilines is 2. The molecule has 2 aromatic carbocycles. The van der Waals surface area contributed by atoms with Crippen molar-refractivity contribution in [3.63, 3.8) is 0 Å². The molecule has 0 radical (unpaired) electrons. The third-order valence-corrected chi connectivity index (χ3v) is 8.47. The Morgan fingerprint density at radius 3 is 2.50 bits per heavy atom. The maximum atomic E-state index is 13.4. The molecule has 1 saturated heterocycles. The summed E-state index contributed by atoms with van der Waals surface area (Å²) in [7, 11) is 1.82. The van der Waals surface area contributed by atoms with E-state index in [4.69, 9.17) is 9.72 Å². The minimum Gasteiger partial charge on any atom is -0.438 e. The zero-order valence-corrected chi connectivity index (χ0v) is 26.6. The number of aromatic nitrogens is 5. The molecule has 2 N–H and O–H groups in total. The highest BCUT2D eigenvalue weighted by Gasteiger charge is 2.22. The van der Waals surface area contributed by atoms with E-state index in [0.717, 1.165) is 60.5 Å². The summed E-state index contributed by atoms with van der Waals surface area (Å²) in [6.07, 6.45) is 7.64. The van der Waals surface area contributed by atoms with Crippen molar-refractivity contribution in [2.75, 3.05) is 29.9 Å². The molecule has 5 aromatic rings. The molecule has 0 aliphatic carbocycles. The summed E-state index contributed by atoms with van der Waals surface area (Å²) in [4.78, 5) is 40.9. The zero-order valence-electron chi connectivity index (χ0n) is 26.6. The number of rotatable bonds is 9. The van der Waals surface area contributed by atoms with E-state index in [2.05, 4.69) is 43.6 Å². The monoisotopic (exact) mass is 618 g/mol. The van der Waals surface area contributed by atoms with Crippen molar-refractivity contribution in [3.8, 4) is 23.0 Å². The Morgan fingerprint density at radius 1 is 0.978 bits per heavy atom. The SMILES string of the molecule is CCC(=O)NCC1CCN(c2ccc(NC(=O)c3ccc(C)c(Oc4nc(-c5ccncc5)nc5c4cnn5C)c3)cc2C)CC1. The fourth-order valence-electron chi connectivity index (χ4n) is 5.71. The Hall–Kier alpha value is -5.32. The molecule has 0 bridgehead atoms. The average Bonchev–Trinajstić information content (AvgIpc) is 3.45. The number of fused-ring (bicyclic) bond motifs is 1. The molecule has 236 valence electrons. The first-order valence-electron chi connectivity index (χ1n) is 15.6. The van der Waals surface area contributed by atoms with Crippen LogP contribution in [0.1, 0.15) is 47.7 Å². The maximum absolute atomic E-state index is 13.4. The molecular weight excluding hydrogens is 580 g/mol. The lowest BCUT2D eigenvalue weighted by molar-refractivity contribution is -0.121. The Labute approximate surface area is 268 Å². The number of hydrogen-bond donors (Lipinski definition) is 2. The molecule has 1 aliphatic rings. The van der Waals surface area contributed by atoms with Gasteiger partial charge in [0.1, 0.15) is 11.1 Å². The van der Waals surface area contributed by atoms with Crippen molar-refractivity contribution < 1.29 is 14.3 Å². The maximum Gasteiger partial charge on any atom is 0.255 e. The molecular formula is C35H38N8O3. The highest BCUT2D eigenvalue weighted by atomic mass is 16.5. The number of aryl methyl sites for hydroxylation is 3. The highest BCUT2D eigenvalue weighted by molar-refractivity contribution is 6.04. The number of hydrogen-bond acceptors (Lipinski definition) is 8. The predicted octanol–water partition coefficient (Wildman–Crippen LogP) is 5.83. The van der Waals surface area contributed by atoms with Gasteiger partial charge in [-0.2, -0.15) is 10.1 Å². The number of nitrogens with one attached hydrogen (secondary N) is 2. The van der Waals surface area contributed by atoms with Gasteiger partial charge in [-0.15, -0.1) is 0 Å². The second kappa shape index (κ2) is 13.4. The number of benzene rings is 2. The lowest BCUT2D eigenvalue weighted by Crippen LogP contribution is -2.38. The molecule has 0 saturated carbocycles. The Bertz CT molecular complexity index is 1880. The van der Waals surface area contributed by atoms with E-state index in [1.165, 1.54) is 0 Å². The van der Waals surface area contributed by atoms with Crippen LogP contribution in [0.3, 0.4) is 0 Å². The third-order valence-electron chi connectivity index (χ3n) is 8.47. The van der Waals surface area contributed by atoms with Gasteiger partial charge in [0.05, 0.1) is 6.20 Å². The summed E-state index contributed by atoms with van der Waals surface area (Å²) in [6.45, 7) is 8.49. The van der Waals surface area contributed by atoms with Crippen LogP contribution in [-0.4, -0.2) is 56.2 Å². The van der Waals surface area contributed by atoms with Crippen LogP contribution in [0.15, 0.2) is 67.1 Å². The van der Waals surface area contributed by atoms with Gasteiger partial charge in [-0.1, -0.05) is 13.0 Å². The van der Waals surface area contributed by atoms with E-state index < -0.39 is 0 Å². The molecule has 11 nitrogen and oxygen atoms in total. The first-order valence-corrected chi connectivity index (χ1v) is 15.6. The molecule has 1 fully saturated rings. The largest absolute Gasteiger partial charge is 0.438 e. The number of carbonyl (C=O) groups is 2. The van der Waals surface area contributed by atoms with Crippen molar-refractivity contribution in [2.45, 2.75) is 40.0 Å². The quantitative estimate of drug-likeness (QED) is 0.211. The molecule has 2 amide bonds. The number of ether oxygens (including phenoxy) is 1. The number of piperidine rings is 1. The van der Waals surface area contributed by atoms with Crippen LogP contribution < -0.4 is 20.3 Å². The lowest BCUT2D eigenvalue weighted by Gasteiger charge is -2.34. The normalized spacial score (nSPS) is 13.5. The highest BCUT2D eigenvalue weighted by Crippen LogP contribution is 2.33. The number of carbonyl (C=O) groups excluding carboxylic acids is 2. The van der Waals surface area contributed by atoms with E-state index in [-0.39, 0.29) is 11.8 Å². The summed E-state index contributed by atoms with van der Waals surface area (Å²) in [5.74, 6) is 1.73. The van der Waals surface area contributed by atoms with Gasteiger partial charge in [-0.05, 0) is 86.2 Å².